The van der Waals surface area contributed by atoms with E-state index in [4.69, 9.17) is 0 Å². The average molecular weight is 536 g/mol. The Balaban J connectivity index is 1.36. The molecule has 3 aromatic rings. The second-order valence-electron chi connectivity index (χ2n) is 9.95. The van der Waals surface area contributed by atoms with Gasteiger partial charge in [-0.1, -0.05) is 49.4 Å². The molecule has 0 bridgehead atoms. The maximum Gasteiger partial charge on any atom is 0.227 e. The van der Waals surface area contributed by atoms with Gasteiger partial charge in [-0.3, -0.25) is 9.59 Å². The van der Waals surface area contributed by atoms with Crippen LogP contribution in [0.5, 0.6) is 0 Å². The second kappa shape index (κ2) is 13.4. The van der Waals surface area contributed by atoms with Crippen LogP contribution in [0.3, 0.4) is 0 Å². The normalized spacial score (nSPS) is 14.1. The van der Waals surface area contributed by atoms with Gasteiger partial charge in [0.05, 0.1) is 12.1 Å². The molecule has 0 aromatic heterocycles. The van der Waals surface area contributed by atoms with Crippen molar-refractivity contribution in [3.8, 4) is 0 Å². The largest absolute Gasteiger partial charge is 0.390 e. The third-order valence-electron chi connectivity index (χ3n) is 7.03. The Labute approximate surface area is 228 Å². The number of benzene rings is 3. The maximum absolute atomic E-state index is 13.8. The fraction of sp³-hybridized carbons (Fsp3) is 0.355. The number of aryl methyl sites for hydroxylation is 1. The molecular weight excluding hydrogens is 500 g/mol. The van der Waals surface area contributed by atoms with Crippen molar-refractivity contribution in [1.29, 1.82) is 0 Å². The molecule has 0 fully saturated rings. The van der Waals surface area contributed by atoms with E-state index in [1.54, 1.807) is 4.90 Å². The number of para-hydroxylation sites is 1. The summed E-state index contributed by atoms with van der Waals surface area (Å²) in [7, 11) is 0. The highest BCUT2D eigenvalue weighted by atomic mass is 19.1. The molecule has 4 rings (SSSR count). The van der Waals surface area contributed by atoms with Gasteiger partial charge in [-0.05, 0) is 59.7 Å². The van der Waals surface area contributed by atoms with E-state index in [1.807, 2.05) is 36.4 Å². The number of rotatable bonds is 12. The number of nitrogens with one attached hydrogen (secondary N) is 2. The van der Waals surface area contributed by atoms with E-state index in [0.717, 1.165) is 35.7 Å². The highest BCUT2D eigenvalue weighted by Crippen LogP contribution is 2.28. The molecule has 0 spiro atoms. The molecule has 0 aliphatic carbocycles. The van der Waals surface area contributed by atoms with E-state index in [0.29, 0.717) is 18.7 Å². The van der Waals surface area contributed by atoms with Crippen molar-refractivity contribution in [2.24, 2.45) is 0 Å². The van der Waals surface area contributed by atoms with Gasteiger partial charge in [0.2, 0.25) is 11.8 Å². The van der Waals surface area contributed by atoms with E-state index in [9.17, 15) is 23.5 Å². The molecule has 2 amide bonds. The molecule has 0 saturated carbocycles. The van der Waals surface area contributed by atoms with Crippen molar-refractivity contribution in [2.45, 2.75) is 57.7 Å². The Kier molecular flexibility index (Phi) is 9.79. The lowest BCUT2D eigenvalue weighted by atomic mass is 10.00. The molecule has 3 aromatic carbocycles. The zero-order valence-corrected chi connectivity index (χ0v) is 22.1. The van der Waals surface area contributed by atoms with Crippen molar-refractivity contribution in [3.63, 3.8) is 0 Å². The molecule has 39 heavy (non-hydrogen) atoms. The van der Waals surface area contributed by atoms with E-state index >= 15 is 0 Å². The lowest BCUT2D eigenvalue weighted by molar-refractivity contribution is -0.126. The monoisotopic (exact) mass is 535 g/mol. The van der Waals surface area contributed by atoms with Crippen LogP contribution in [-0.4, -0.2) is 42.2 Å². The van der Waals surface area contributed by atoms with Crippen molar-refractivity contribution < 1.29 is 23.5 Å². The standard InChI is InChI=1S/C31H35F2N3O3/c1-2-21-6-5-7-22(14-21)19-34-20-29(37)27(17-23-15-25(32)18-26(33)16-23)35-30(38)10-11-31(39)36-13-12-24-8-3-4-9-28(24)36/h3-9,14-16,18,27,29,34,37H,2,10-13,17,19-20H2,1H3,(H,35,38)/t27-,29-/m0/s1. The van der Waals surface area contributed by atoms with Crippen LogP contribution in [0.15, 0.2) is 66.7 Å². The van der Waals surface area contributed by atoms with Gasteiger partial charge in [-0.2, -0.15) is 0 Å². The predicted octanol–water partition coefficient (Wildman–Crippen LogP) is 4.07. The molecule has 0 radical (unpaired) electrons. The molecule has 2 atom stereocenters. The van der Waals surface area contributed by atoms with Crippen LogP contribution in [0.4, 0.5) is 14.5 Å². The Morgan fingerprint density at radius 2 is 1.69 bits per heavy atom. The highest BCUT2D eigenvalue weighted by molar-refractivity contribution is 5.97. The van der Waals surface area contributed by atoms with Gasteiger partial charge in [0.15, 0.2) is 0 Å². The van der Waals surface area contributed by atoms with Crippen molar-refractivity contribution in [1.82, 2.24) is 10.6 Å². The summed E-state index contributed by atoms with van der Waals surface area (Å²) in [5, 5.41) is 16.9. The van der Waals surface area contributed by atoms with Gasteiger partial charge in [-0.15, -0.1) is 0 Å². The summed E-state index contributed by atoms with van der Waals surface area (Å²) >= 11 is 0. The van der Waals surface area contributed by atoms with Gasteiger partial charge in [0, 0.05) is 44.2 Å². The Morgan fingerprint density at radius 1 is 0.949 bits per heavy atom. The van der Waals surface area contributed by atoms with Gasteiger partial charge < -0.3 is 20.6 Å². The van der Waals surface area contributed by atoms with Gasteiger partial charge >= 0.3 is 0 Å². The van der Waals surface area contributed by atoms with E-state index in [-0.39, 0.29) is 31.7 Å². The summed E-state index contributed by atoms with van der Waals surface area (Å²) in [4.78, 5) is 27.4. The minimum absolute atomic E-state index is 0.0175. The number of hydrogen-bond acceptors (Lipinski definition) is 4. The summed E-state index contributed by atoms with van der Waals surface area (Å²) < 4.78 is 27.6. The number of nitrogens with zero attached hydrogens (tertiary/aromatic N) is 1. The smallest absolute Gasteiger partial charge is 0.227 e. The van der Waals surface area contributed by atoms with Crippen LogP contribution in [0.1, 0.15) is 42.0 Å². The second-order valence-corrected chi connectivity index (χ2v) is 9.95. The average Bonchev–Trinajstić information content (AvgIpc) is 3.35. The van der Waals surface area contributed by atoms with Gasteiger partial charge in [0.1, 0.15) is 11.6 Å². The molecule has 206 valence electrons. The van der Waals surface area contributed by atoms with Crippen LogP contribution in [0.2, 0.25) is 0 Å². The van der Waals surface area contributed by atoms with Gasteiger partial charge in [0.25, 0.3) is 0 Å². The van der Waals surface area contributed by atoms with Gasteiger partial charge in [-0.25, -0.2) is 8.78 Å². The lowest BCUT2D eigenvalue weighted by Crippen LogP contribution is -2.48. The zero-order chi connectivity index (χ0) is 27.8. The summed E-state index contributed by atoms with van der Waals surface area (Å²) in [5.74, 6) is -2.01. The Hall–Kier alpha value is -3.62. The lowest BCUT2D eigenvalue weighted by Gasteiger charge is -2.25. The van der Waals surface area contributed by atoms with E-state index < -0.39 is 29.7 Å². The Morgan fingerprint density at radius 3 is 2.46 bits per heavy atom. The first-order chi connectivity index (χ1) is 18.8. The number of carbonyl (C=O) groups is 2. The fourth-order valence-corrected chi connectivity index (χ4v) is 4.96. The molecule has 0 saturated heterocycles. The third-order valence-corrected chi connectivity index (χ3v) is 7.03. The maximum atomic E-state index is 13.8. The number of aliphatic hydroxyl groups excluding tert-OH is 1. The molecule has 1 heterocycles. The number of hydrogen-bond donors (Lipinski definition) is 3. The van der Waals surface area contributed by atoms with Crippen LogP contribution in [-0.2, 0) is 35.4 Å². The predicted molar refractivity (Wildman–Crippen MR) is 147 cm³/mol. The highest BCUT2D eigenvalue weighted by Gasteiger charge is 2.26. The van der Waals surface area contributed by atoms with Crippen LogP contribution >= 0.6 is 0 Å². The summed E-state index contributed by atoms with van der Waals surface area (Å²) in [6, 6.07) is 18.2. The number of amides is 2. The Bertz CT molecular complexity index is 1280. The number of fused-ring (bicyclic) bond motifs is 1. The number of halogens is 2. The van der Waals surface area contributed by atoms with Crippen molar-refractivity contribution in [2.75, 3.05) is 18.0 Å². The summed E-state index contributed by atoms with van der Waals surface area (Å²) in [5.41, 5.74) is 4.57. The fourth-order valence-electron chi connectivity index (χ4n) is 4.96. The van der Waals surface area contributed by atoms with Crippen LogP contribution in [0.25, 0.3) is 0 Å². The molecule has 8 heteroatoms. The first-order valence-electron chi connectivity index (χ1n) is 13.4. The number of aliphatic hydroxyl groups is 1. The summed E-state index contributed by atoms with van der Waals surface area (Å²) in [6.07, 6.45) is 0.654. The topological polar surface area (TPSA) is 81.7 Å². The van der Waals surface area contributed by atoms with E-state index in [2.05, 4.69) is 29.7 Å². The number of anilines is 1. The molecule has 1 aliphatic rings. The van der Waals surface area contributed by atoms with Crippen molar-refractivity contribution in [3.05, 3.63) is 101 Å². The number of carbonyl (C=O) groups excluding carboxylic acids is 2. The molecule has 6 nitrogen and oxygen atoms in total. The summed E-state index contributed by atoms with van der Waals surface area (Å²) in [6.45, 7) is 3.34. The third kappa shape index (κ3) is 7.94. The first-order valence-corrected chi connectivity index (χ1v) is 13.4. The molecule has 3 N–H and O–H groups in total. The SMILES string of the molecule is CCc1cccc(CNC[C@H](O)[C@H](Cc2cc(F)cc(F)c2)NC(=O)CCC(=O)N2CCc3ccccc32)c1. The zero-order valence-electron chi connectivity index (χ0n) is 22.1. The minimum atomic E-state index is -1.03. The van der Waals surface area contributed by atoms with Crippen LogP contribution in [0, 0.1) is 11.6 Å². The molecular formula is C31H35F2N3O3. The minimum Gasteiger partial charge on any atom is -0.390 e. The first kappa shape index (κ1) is 28.4. The van der Waals surface area contributed by atoms with Crippen LogP contribution < -0.4 is 15.5 Å². The molecule has 1 aliphatic heterocycles. The molecule has 0 unspecified atom stereocenters. The quantitative estimate of drug-likeness (QED) is 0.327. The van der Waals surface area contributed by atoms with Crippen molar-refractivity contribution >= 4 is 17.5 Å². The van der Waals surface area contributed by atoms with E-state index in [1.165, 1.54) is 17.7 Å².